The molecule has 42 heavy (non-hydrogen) atoms. The highest BCUT2D eigenvalue weighted by atomic mass is 79.9. The molecule has 0 radical (unpaired) electrons. The van der Waals surface area contributed by atoms with Crippen LogP contribution < -0.4 is 50.9 Å². The molecule has 1 aromatic carbocycles. The van der Waals surface area contributed by atoms with Gasteiger partial charge in [-0.25, -0.2) is 0 Å². The summed E-state index contributed by atoms with van der Waals surface area (Å²) in [7, 11) is 16.7. The van der Waals surface area contributed by atoms with Gasteiger partial charge in [0.25, 0.3) is 0 Å². The van der Waals surface area contributed by atoms with Crippen molar-refractivity contribution in [2.75, 3.05) is 62.4 Å². The maximum absolute atomic E-state index is 2.54. The molecule has 0 unspecified atom stereocenters. The minimum Gasteiger partial charge on any atom is -1.00 e. The summed E-state index contributed by atoms with van der Waals surface area (Å²) in [6, 6.07) is 7.57. The molecule has 252 valence electrons. The lowest BCUT2D eigenvalue weighted by molar-refractivity contribution is -0.904. The van der Waals surface area contributed by atoms with Crippen LogP contribution in [-0.2, 0) is 19.6 Å². The summed E-state index contributed by atoms with van der Waals surface area (Å²) >= 11 is 0. The molecule has 1 aromatic rings. The Hall–Kier alpha value is 0.540. The number of benzene rings is 1. The monoisotopic (exact) mass is 783 g/mol. The van der Waals surface area contributed by atoms with Crippen LogP contribution >= 0.6 is 0 Å². The van der Waals surface area contributed by atoms with Crippen LogP contribution in [0, 0.1) is 0 Å². The number of nitrogens with zero attached hydrogens (tertiary/aromatic N) is 3. The third-order valence-corrected chi connectivity index (χ3v) is 8.22. The molecule has 0 amide bonds. The van der Waals surface area contributed by atoms with Crippen molar-refractivity contribution in [3.8, 4) is 0 Å². The predicted molar refractivity (Wildman–Crippen MR) is 175 cm³/mol. The van der Waals surface area contributed by atoms with E-state index in [1.54, 1.807) is 0 Å². The maximum atomic E-state index is 2.54. The smallest absolute Gasteiger partial charge is 0.104 e. The lowest BCUT2D eigenvalue weighted by atomic mass is 10.0. The summed E-state index contributed by atoms with van der Waals surface area (Å²) in [5.41, 5.74) is 4.58. The van der Waals surface area contributed by atoms with Crippen LogP contribution in [0.15, 0.2) is 18.2 Å². The fraction of sp³-hybridized carbons (Fsp3) is 0.833. The maximum Gasteiger partial charge on any atom is 0.104 e. The molecule has 0 saturated heterocycles. The molecule has 1 rings (SSSR count). The minimum absolute atomic E-state index is 0. The highest BCUT2D eigenvalue weighted by Gasteiger charge is 2.21. The molecular formula is C36H72Br3N3. The van der Waals surface area contributed by atoms with Crippen LogP contribution in [0.25, 0.3) is 0 Å². The summed E-state index contributed by atoms with van der Waals surface area (Å²) in [5.74, 6) is 0. The quantitative estimate of drug-likeness (QED) is 0.105. The van der Waals surface area contributed by atoms with Crippen molar-refractivity contribution < 1.29 is 64.4 Å². The van der Waals surface area contributed by atoms with Crippen molar-refractivity contribution in [3.05, 3.63) is 34.9 Å². The van der Waals surface area contributed by atoms with Gasteiger partial charge >= 0.3 is 0 Å². The SMILES string of the molecule is CCCCCCCCCC[N+](C)(C)Cc1cc(C[N+](C)(C)C)cc(C[N+](C)(C)CCCCCCCCCC)c1.[Br-].[Br-].[Br-]. The Morgan fingerprint density at radius 2 is 0.643 bits per heavy atom. The van der Waals surface area contributed by atoms with Crippen molar-refractivity contribution in [2.24, 2.45) is 0 Å². The van der Waals surface area contributed by atoms with Crippen LogP contribution in [0.1, 0.15) is 133 Å². The molecule has 0 aliphatic heterocycles. The molecule has 6 heteroatoms. The van der Waals surface area contributed by atoms with Gasteiger partial charge in [0.1, 0.15) is 19.6 Å². The zero-order chi connectivity index (χ0) is 29.2. The number of hydrogen-bond acceptors (Lipinski definition) is 0. The molecule has 0 fully saturated rings. The molecule has 0 spiro atoms. The Labute approximate surface area is 296 Å². The van der Waals surface area contributed by atoms with Crippen molar-refractivity contribution in [3.63, 3.8) is 0 Å². The first kappa shape index (κ1) is 47.0. The molecule has 0 aliphatic carbocycles. The molecular weight excluding hydrogens is 714 g/mol. The lowest BCUT2D eigenvalue weighted by Crippen LogP contribution is -3.00. The van der Waals surface area contributed by atoms with E-state index in [4.69, 9.17) is 0 Å². The van der Waals surface area contributed by atoms with E-state index in [0.717, 1.165) is 33.1 Å². The first-order valence-corrected chi connectivity index (χ1v) is 16.9. The summed E-state index contributed by atoms with van der Waals surface area (Å²) in [4.78, 5) is 0. The van der Waals surface area contributed by atoms with E-state index in [9.17, 15) is 0 Å². The number of quaternary nitrogens is 3. The molecule has 0 bridgehead atoms. The van der Waals surface area contributed by atoms with Gasteiger partial charge in [0.15, 0.2) is 0 Å². The molecule has 0 N–H and O–H groups in total. The largest absolute Gasteiger partial charge is 1.00 e. The Morgan fingerprint density at radius 3 is 0.929 bits per heavy atom. The third-order valence-electron chi connectivity index (χ3n) is 8.22. The van der Waals surface area contributed by atoms with Crippen molar-refractivity contribution in [2.45, 2.75) is 136 Å². The van der Waals surface area contributed by atoms with Crippen LogP contribution in [-0.4, -0.2) is 75.9 Å². The second-order valence-electron chi connectivity index (χ2n) is 15.2. The Bertz CT molecular complexity index is 707. The average Bonchev–Trinajstić information content (AvgIpc) is 2.80. The van der Waals surface area contributed by atoms with E-state index in [-0.39, 0.29) is 50.9 Å². The molecule has 0 heterocycles. The first-order chi connectivity index (χ1) is 18.4. The van der Waals surface area contributed by atoms with Crippen molar-refractivity contribution >= 4 is 0 Å². The van der Waals surface area contributed by atoms with Crippen molar-refractivity contribution in [1.82, 2.24) is 0 Å². The minimum atomic E-state index is 0. The van der Waals surface area contributed by atoms with Crippen LogP contribution in [0.5, 0.6) is 0 Å². The van der Waals surface area contributed by atoms with Gasteiger partial charge in [-0.15, -0.1) is 0 Å². The lowest BCUT2D eigenvalue weighted by Gasteiger charge is -2.32. The Morgan fingerprint density at radius 1 is 0.381 bits per heavy atom. The fourth-order valence-electron chi connectivity index (χ4n) is 6.16. The average molecular weight is 787 g/mol. The molecule has 0 saturated carbocycles. The van der Waals surface area contributed by atoms with Gasteiger partial charge < -0.3 is 64.4 Å². The number of halogens is 3. The van der Waals surface area contributed by atoms with Crippen LogP contribution in [0.3, 0.4) is 0 Å². The van der Waals surface area contributed by atoms with Crippen LogP contribution in [0.4, 0.5) is 0 Å². The van der Waals surface area contributed by atoms with Gasteiger partial charge in [-0.3, -0.25) is 0 Å². The second kappa shape index (κ2) is 25.7. The van der Waals surface area contributed by atoms with Crippen molar-refractivity contribution in [1.29, 1.82) is 0 Å². The van der Waals surface area contributed by atoms with E-state index in [0.29, 0.717) is 0 Å². The number of hydrogen-bond donors (Lipinski definition) is 0. The summed E-state index contributed by atoms with van der Waals surface area (Å²) in [5, 5.41) is 0. The standard InChI is InChI=1S/C36H72N3.3BrH/c1-10-12-14-16-18-20-22-24-26-38(6,7)32-35-28-34(31-37(3,4)5)29-36(30-35)33-39(8,9)27-25-23-21-19-17-15-13-11-2;;;/h28-30H,10-27,31-33H2,1-9H3;3*1H/q+3;;;/p-3. The molecule has 3 nitrogen and oxygen atoms in total. The molecule has 0 aromatic heterocycles. The number of rotatable bonds is 24. The fourth-order valence-corrected chi connectivity index (χ4v) is 6.16. The van der Waals surface area contributed by atoms with Gasteiger partial charge in [-0.05, 0) is 43.9 Å². The normalized spacial score (nSPS) is 11.9. The predicted octanol–water partition coefficient (Wildman–Crippen LogP) is 0.339. The summed E-state index contributed by atoms with van der Waals surface area (Å²) in [6.07, 6.45) is 22.4. The second-order valence-corrected chi connectivity index (χ2v) is 15.2. The Kier molecular flexibility index (Phi) is 28.7. The van der Waals surface area contributed by atoms with E-state index in [1.165, 1.54) is 133 Å². The molecule has 0 atom stereocenters. The van der Waals surface area contributed by atoms with Gasteiger partial charge in [0.2, 0.25) is 0 Å². The van der Waals surface area contributed by atoms with Crippen LogP contribution in [0.2, 0.25) is 0 Å². The highest BCUT2D eigenvalue weighted by Crippen LogP contribution is 2.21. The van der Waals surface area contributed by atoms with E-state index < -0.39 is 0 Å². The summed E-state index contributed by atoms with van der Waals surface area (Å²) in [6.45, 7) is 10.5. The summed E-state index contributed by atoms with van der Waals surface area (Å²) < 4.78 is 3.18. The van der Waals surface area contributed by atoms with E-state index >= 15 is 0 Å². The van der Waals surface area contributed by atoms with Gasteiger partial charge in [-0.1, -0.05) is 90.9 Å². The Balaban J connectivity index is -0.00000507. The third kappa shape index (κ3) is 25.8. The topological polar surface area (TPSA) is 0 Å². The number of unbranched alkanes of at least 4 members (excludes halogenated alkanes) is 14. The van der Waals surface area contributed by atoms with E-state index in [1.807, 2.05) is 0 Å². The first-order valence-electron chi connectivity index (χ1n) is 16.9. The van der Waals surface area contributed by atoms with Gasteiger partial charge in [0.05, 0.1) is 62.4 Å². The zero-order valence-electron chi connectivity index (χ0n) is 29.6. The molecule has 0 aliphatic rings. The van der Waals surface area contributed by atoms with Gasteiger partial charge in [-0.2, -0.15) is 0 Å². The van der Waals surface area contributed by atoms with E-state index in [2.05, 4.69) is 81.4 Å². The highest BCUT2D eigenvalue weighted by molar-refractivity contribution is 5.29. The zero-order valence-corrected chi connectivity index (χ0v) is 34.3. The van der Waals surface area contributed by atoms with Gasteiger partial charge in [0, 0.05) is 16.7 Å².